The summed E-state index contributed by atoms with van der Waals surface area (Å²) in [6.07, 6.45) is 0. The molecule has 2 rings (SSSR count). The molecular weight excluding hydrogens is 262 g/mol. The lowest BCUT2D eigenvalue weighted by molar-refractivity contribution is 0.102. The number of hydrogen-bond donors (Lipinski definition) is 1. The van der Waals surface area contributed by atoms with Crippen LogP contribution < -0.4 is 10.1 Å². The fraction of sp³-hybridized carbons (Fsp3) is 0.133. The van der Waals surface area contributed by atoms with E-state index in [1.807, 2.05) is 19.1 Å². The summed E-state index contributed by atoms with van der Waals surface area (Å²) in [7, 11) is 0. The molecule has 0 aliphatic carbocycles. The lowest BCUT2D eigenvalue weighted by Crippen LogP contribution is -2.11. The van der Waals surface area contributed by atoms with Gasteiger partial charge in [0, 0.05) is 16.3 Å². The third-order valence-corrected chi connectivity index (χ3v) is 2.75. The van der Waals surface area contributed by atoms with Crippen LogP contribution in [-0.4, -0.2) is 12.5 Å². The number of ether oxygens (including phenoxy) is 1. The molecule has 0 aliphatic rings. The van der Waals surface area contributed by atoms with Gasteiger partial charge >= 0.3 is 0 Å². The minimum absolute atomic E-state index is 0.188. The molecule has 0 bridgehead atoms. The lowest BCUT2D eigenvalue weighted by atomic mass is 10.2. The van der Waals surface area contributed by atoms with Gasteiger partial charge in [0.15, 0.2) is 0 Å². The van der Waals surface area contributed by atoms with Crippen LogP contribution >= 0.6 is 11.6 Å². The van der Waals surface area contributed by atoms with Gasteiger partial charge in [-0.2, -0.15) is 0 Å². The number of rotatable bonds is 4. The summed E-state index contributed by atoms with van der Waals surface area (Å²) >= 11 is 5.85. The Hall–Kier alpha value is -2.00. The second kappa shape index (κ2) is 6.25. The maximum atomic E-state index is 12.0. The molecule has 1 N–H and O–H groups in total. The van der Waals surface area contributed by atoms with Gasteiger partial charge in [-0.3, -0.25) is 4.79 Å². The zero-order valence-corrected chi connectivity index (χ0v) is 11.3. The Morgan fingerprint density at radius 1 is 1.21 bits per heavy atom. The molecule has 0 radical (unpaired) electrons. The molecule has 4 heteroatoms. The molecule has 0 spiro atoms. The molecule has 0 aromatic heterocycles. The highest BCUT2D eigenvalue weighted by molar-refractivity contribution is 6.31. The van der Waals surface area contributed by atoms with Crippen LogP contribution in [0.3, 0.4) is 0 Å². The molecule has 2 aromatic carbocycles. The Morgan fingerprint density at radius 3 is 2.58 bits per heavy atom. The second-order valence-corrected chi connectivity index (χ2v) is 4.36. The normalized spacial score (nSPS) is 10.0. The van der Waals surface area contributed by atoms with Crippen molar-refractivity contribution in [2.45, 2.75) is 6.92 Å². The van der Waals surface area contributed by atoms with Crippen LogP contribution in [0.5, 0.6) is 5.75 Å². The third kappa shape index (κ3) is 3.73. The fourth-order valence-corrected chi connectivity index (χ4v) is 1.82. The molecule has 0 saturated carbocycles. The first kappa shape index (κ1) is 13.4. The van der Waals surface area contributed by atoms with Crippen molar-refractivity contribution in [2.75, 3.05) is 11.9 Å². The molecule has 0 atom stereocenters. The van der Waals surface area contributed by atoms with Gasteiger partial charge in [0.25, 0.3) is 5.91 Å². The Labute approximate surface area is 117 Å². The summed E-state index contributed by atoms with van der Waals surface area (Å²) in [5, 5.41) is 3.34. The Kier molecular flexibility index (Phi) is 4.42. The Bertz CT molecular complexity index is 567. The predicted octanol–water partition coefficient (Wildman–Crippen LogP) is 3.99. The minimum atomic E-state index is -0.188. The fourth-order valence-electron chi connectivity index (χ4n) is 1.63. The van der Waals surface area contributed by atoms with Gasteiger partial charge < -0.3 is 10.1 Å². The average Bonchev–Trinajstić information content (AvgIpc) is 2.41. The van der Waals surface area contributed by atoms with Crippen LogP contribution in [0, 0.1) is 0 Å². The number of carbonyl (C=O) groups excluding carboxylic acids is 1. The largest absolute Gasteiger partial charge is 0.494 e. The molecule has 98 valence electrons. The van der Waals surface area contributed by atoms with Crippen LogP contribution in [-0.2, 0) is 0 Å². The summed E-state index contributed by atoms with van der Waals surface area (Å²) < 4.78 is 5.34. The zero-order chi connectivity index (χ0) is 13.7. The highest BCUT2D eigenvalue weighted by Crippen LogP contribution is 2.17. The van der Waals surface area contributed by atoms with Crippen molar-refractivity contribution in [3.8, 4) is 5.75 Å². The van der Waals surface area contributed by atoms with E-state index >= 15 is 0 Å². The molecule has 0 saturated heterocycles. The first-order chi connectivity index (χ1) is 9.19. The van der Waals surface area contributed by atoms with E-state index < -0.39 is 0 Å². The number of benzene rings is 2. The third-order valence-electron chi connectivity index (χ3n) is 2.51. The number of anilines is 1. The molecule has 0 fully saturated rings. The van der Waals surface area contributed by atoms with E-state index in [9.17, 15) is 4.79 Å². The number of hydrogen-bond acceptors (Lipinski definition) is 2. The van der Waals surface area contributed by atoms with Crippen molar-refractivity contribution in [1.29, 1.82) is 0 Å². The van der Waals surface area contributed by atoms with Crippen LogP contribution in [0.1, 0.15) is 17.3 Å². The van der Waals surface area contributed by atoms with E-state index in [1.165, 1.54) is 0 Å². The van der Waals surface area contributed by atoms with E-state index in [0.29, 0.717) is 22.9 Å². The predicted molar refractivity (Wildman–Crippen MR) is 77.0 cm³/mol. The molecule has 0 unspecified atom stereocenters. The quantitative estimate of drug-likeness (QED) is 0.916. The standard InChI is InChI=1S/C15H14ClNO2/c1-2-19-14-8-6-13(7-9-14)17-15(18)11-4-3-5-12(16)10-11/h3-10H,2H2,1H3,(H,17,18). The summed E-state index contributed by atoms with van der Waals surface area (Å²) in [4.78, 5) is 12.0. The maximum absolute atomic E-state index is 12.0. The number of halogens is 1. The lowest BCUT2D eigenvalue weighted by Gasteiger charge is -2.07. The summed E-state index contributed by atoms with van der Waals surface area (Å²) in [5.41, 5.74) is 1.25. The number of amides is 1. The topological polar surface area (TPSA) is 38.3 Å². The molecule has 2 aromatic rings. The van der Waals surface area contributed by atoms with Crippen molar-refractivity contribution < 1.29 is 9.53 Å². The summed E-state index contributed by atoms with van der Waals surface area (Å²) in [6.45, 7) is 2.54. The Balaban J connectivity index is 2.06. The van der Waals surface area contributed by atoms with Gasteiger partial charge in [-0.15, -0.1) is 0 Å². The van der Waals surface area contributed by atoms with E-state index in [4.69, 9.17) is 16.3 Å². The van der Waals surface area contributed by atoms with Crippen molar-refractivity contribution in [3.05, 3.63) is 59.1 Å². The van der Waals surface area contributed by atoms with E-state index in [0.717, 1.165) is 5.75 Å². The average molecular weight is 276 g/mol. The van der Waals surface area contributed by atoms with Crippen LogP contribution in [0.4, 0.5) is 5.69 Å². The van der Waals surface area contributed by atoms with Gasteiger partial charge in [0.2, 0.25) is 0 Å². The highest BCUT2D eigenvalue weighted by atomic mass is 35.5. The van der Waals surface area contributed by atoms with Gasteiger partial charge in [-0.05, 0) is 49.4 Å². The molecule has 0 heterocycles. The van der Waals surface area contributed by atoms with E-state index in [-0.39, 0.29) is 5.91 Å². The summed E-state index contributed by atoms with van der Waals surface area (Å²) in [5.74, 6) is 0.593. The second-order valence-electron chi connectivity index (χ2n) is 3.92. The maximum Gasteiger partial charge on any atom is 0.255 e. The van der Waals surface area contributed by atoms with Crippen LogP contribution in [0.15, 0.2) is 48.5 Å². The van der Waals surface area contributed by atoms with Crippen molar-refractivity contribution in [3.63, 3.8) is 0 Å². The molecular formula is C15H14ClNO2. The first-order valence-corrected chi connectivity index (χ1v) is 6.36. The van der Waals surface area contributed by atoms with Crippen LogP contribution in [0.2, 0.25) is 5.02 Å². The first-order valence-electron chi connectivity index (χ1n) is 5.99. The Morgan fingerprint density at radius 2 is 1.95 bits per heavy atom. The minimum Gasteiger partial charge on any atom is -0.494 e. The van der Waals surface area contributed by atoms with Gasteiger partial charge in [-0.25, -0.2) is 0 Å². The smallest absolute Gasteiger partial charge is 0.255 e. The van der Waals surface area contributed by atoms with E-state index in [1.54, 1.807) is 36.4 Å². The molecule has 19 heavy (non-hydrogen) atoms. The van der Waals surface area contributed by atoms with Crippen molar-refractivity contribution in [2.24, 2.45) is 0 Å². The highest BCUT2D eigenvalue weighted by Gasteiger charge is 2.06. The molecule has 3 nitrogen and oxygen atoms in total. The van der Waals surface area contributed by atoms with Gasteiger partial charge in [-0.1, -0.05) is 17.7 Å². The van der Waals surface area contributed by atoms with Crippen LogP contribution in [0.25, 0.3) is 0 Å². The zero-order valence-electron chi connectivity index (χ0n) is 10.5. The van der Waals surface area contributed by atoms with Crippen molar-refractivity contribution >= 4 is 23.2 Å². The molecule has 0 aliphatic heterocycles. The van der Waals surface area contributed by atoms with Crippen molar-refractivity contribution in [1.82, 2.24) is 0 Å². The van der Waals surface area contributed by atoms with Gasteiger partial charge in [0.05, 0.1) is 6.61 Å². The monoisotopic (exact) mass is 275 g/mol. The van der Waals surface area contributed by atoms with E-state index in [2.05, 4.69) is 5.32 Å². The SMILES string of the molecule is CCOc1ccc(NC(=O)c2cccc(Cl)c2)cc1. The summed E-state index contributed by atoms with van der Waals surface area (Å²) in [6, 6.07) is 14.1. The molecule has 1 amide bonds. The van der Waals surface area contributed by atoms with Gasteiger partial charge in [0.1, 0.15) is 5.75 Å². The number of nitrogens with one attached hydrogen (secondary N) is 1. The number of carbonyl (C=O) groups is 1.